The number of nitrogens with two attached hydrogens (primary N) is 1. The van der Waals surface area contributed by atoms with Gasteiger partial charge < -0.3 is 30.2 Å². The Bertz CT molecular complexity index is 1420. The number of aromatic nitrogens is 2. The third-order valence-corrected chi connectivity index (χ3v) is 6.72. The van der Waals surface area contributed by atoms with Crippen molar-refractivity contribution in [1.82, 2.24) is 14.5 Å². The number of benzene rings is 1. The number of carbonyl (C=O) groups excluding carboxylic acids is 3. The largest absolute Gasteiger partial charge is 0.453 e. The number of amides is 3. The number of nitrogens with zero attached hydrogens (tertiary/aromatic N) is 2. The van der Waals surface area contributed by atoms with Crippen LogP contribution in [0.1, 0.15) is 57.2 Å². The van der Waals surface area contributed by atoms with Crippen LogP contribution in [0.25, 0.3) is 10.9 Å². The third kappa shape index (κ3) is 9.66. The highest BCUT2D eigenvalue weighted by Crippen LogP contribution is 2.22. The molecule has 3 heterocycles. The minimum Gasteiger partial charge on any atom is -0.453 e. The number of rotatable bonds is 10. The minimum absolute atomic E-state index is 0.0490. The number of hydrogen-bond acceptors (Lipinski definition) is 5. The average Bonchev–Trinajstić information content (AvgIpc) is 3.61. The first-order valence-electron chi connectivity index (χ1n) is 14.1. The Morgan fingerprint density at radius 2 is 1.88 bits per heavy atom. The SMILES string of the molecule is CC(C)Cc1cccc2cc(Cn3cccc(NC(=O)CCC/C=C/C(=O)N4CCCC4)c3=O)[nH]c12.COC(N)=O. The number of para-hydroxylation sites is 1. The highest BCUT2D eigenvalue weighted by atomic mass is 16.5. The van der Waals surface area contributed by atoms with Crippen molar-refractivity contribution in [3.8, 4) is 0 Å². The summed E-state index contributed by atoms with van der Waals surface area (Å²) in [6, 6.07) is 11.8. The number of unbranched alkanes of at least 4 members (excludes halogenated alkanes) is 1. The van der Waals surface area contributed by atoms with E-state index in [4.69, 9.17) is 0 Å². The highest BCUT2D eigenvalue weighted by molar-refractivity contribution is 5.90. The smallest absolute Gasteiger partial charge is 0.404 e. The number of primary amides is 1. The molecule has 0 saturated carbocycles. The van der Waals surface area contributed by atoms with Crippen molar-refractivity contribution >= 4 is 34.5 Å². The minimum atomic E-state index is -0.745. The summed E-state index contributed by atoms with van der Waals surface area (Å²) in [5.74, 6) is 0.402. The molecule has 3 amide bonds. The van der Waals surface area contributed by atoms with Crippen LogP contribution in [0.5, 0.6) is 0 Å². The van der Waals surface area contributed by atoms with Gasteiger partial charge in [-0.15, -0.1) is 0 Å². The topological polar surface area (TPSA) is 140 Å². The zero-order valence-electron chi connectivity index (χ0n) is 24.2. The number of aromatic amines is 1. The van der Waals surface area contributed by atoms with Gasteiger partial charge in [0.25, 0.3) is 5.56 Å². The first-order chi connectivity index (χ1) is 19.7. The number of allylic oxidation sites excluding steroid dienone is 1. The third-order valence-electron chi connectivity index (χ3n) is 6.72. The maximum Gasteiger partial charge on any atom is 0.404 e. The van der Waals surface area contributed by atoms with Crippen molar-refractivity contribution < 1.29 is 19.1 Å². The Morgan fingerprint density at radius 3 is 2.56 bits per heavy atom. The predicted molar refractivity (Wildman–Crippen MR) is 161 cm³/mol. The van der Waals surface area contributed by atoms with Crippen molar-refractivity contribution in [2.24, 2.45) is 11.7 Å². The Balaban J connectivity index is 0.000000850. The van der Waals surface area contributed by atoms with E-state index in [1.54, 1.807) is 29.0 Å². The molecular formula is C31H41N5O5. The Morgan fingerprint density at radius 1 is 1.15 bits per heavy atom. The van der Waals surface area contributed by atoms with E-state index in [-0.39, 0.29) is 29.5 Å². The molecule has 1 saturated heterocycles. The maximum atomic E-state index is 13.0. The van der Waals surface area contributed by atoms with Gasteiger partial charge in [0, 0.05) is 36.9 Å². The summed E-state index contributed by atoms with van der Waals surface area (Å²) in [5, 5.41) is 3.89. The van der Waals surface area contributed by atoms with Crippen molar-refractivity contribution in [3.63, 3.8) is 0 Å². The molecule has 0 spiro atoms. The van der Waals surface area contributed by atoms with Gasteiger partial charge in [-0.25, -0.2) is 4.79 Å². The number of hydrogen-bond donors (Lipinski definition) is 3. The van der Waals surface area contributed by atoms with Gasteiger partial charge in [-0.3, -0.25) is 14.4 Å². The average molecular weight is 564 g/mol. The van der Waals surface area contributed by atoms with Crippen LogP contribution in [0.4, 0.5) is 10.5 Å². The summed E-state index contributed by atoms with van der Waals surface area (Å²) in [6.45, 7) is 6.47. The molecule has 0 bridgehead atoms. The summed E-state index contributed by atoms with van der Waals surface area (Å²) >= 11 is 0. The number of ether oxygens (including phenoxy) is 1. The number of carbonyl (C=O) groups is 3. The van der Waals surface area contributed by atoms with E-state index < -0.39 is 6.09 Å². The van der Waals surface area contributed by atoms with Crippen molar-refractivity contribution in [3.05, 3.63) is 76.4 Å². The van der Waals surface area contributed by atoms with E-state index in [0.29, 0.717) is 25.3 Å². The van der Waals surface area contributed by atoms with Crippen LogP contribution in [-0.4, -0.2) is 52.6 Å². The van der Waals surface area contributed by atoms with Gasteiger partial charge in [0.2, 0.25) is 11.8 Å². The van der Waals surface area contributed by atoms with Crippen LogP contribution >= 0.6 is 0 Å². The number of likely N-dealkylation sites (tertiary alicyclic amines) is 1. The summed E-state index contributed by atoms with van der Waals surface area (Å²) in [7, 11) is 1.22. The molecule has 0 unspecified atom stereocenters. The molecule has 0 atom stereocenters. The lowest BCUT2D eigenvalue weighted by molar-refractivity contribution is -0.125. The van der Waals surface area contributed by atoms with Crippen LogP contribution in [-0.2, 0) is 27.3 Å². The van der Waals surface area contributed by atoms with Gasteiger partial charge in [0.1, 0.15) is 5.69 Å². The molecule has 41 heavy (non-hydrogen) atoms. The Kier molecular flexibility index (Phi) is 11.8. The fourth-order valence-corrected chi connectivity index (χ4v) is 4.73. The molecule has 0 radical (unpaired) electrons. The summed E-state index contributed by atoms with van der Waals surface area (Å²) < 4.78 is 5.50. The molecular weight excluding hydrogens is 522 g/mol. The lowest BCUT2D eigenvalue weighted by atomic mass is 10.0. The molecule has 1 fully saturated rings. The lowest BCUT2D eigenvalue weighted by Crippen LogP contribution is -2.25. The van der Waals surface area contributed by atoms with Crippen LogP contribution in [0.2, 0.25) is 0 Å². The normalized spacial score (nSPS) is 12.9. The van der Waals surface area contributed by atoms with E-state index in [1.165, 1.54) is 12.7 Å². The maximum absolute atomic E-state index is 13.0. The quantitative estimate of drug-likeness (QED) is 0.245. The van der Waals surface area contributed by atoms with Crippen LogP contribution in [0.15, 0.2) is 59.5 Å². The van der Waals surface area contributed by atoms with E-state index in [9.17, 15) is 19.2 Å². The molecule has 3 aromatic rings. The highest BCUT2D eigenvalue weighted by Gasteiger charge is 2.15. The molecule has 1 aliphatic rings. The summed E-state index contributed by atoms with van der Waals surface area (Å²) in [6.07, 6.45) is 9.11. The first-order valence-corrected chi connectivity index (χ1v) is 14.1. The zero-order chi connectivity index (χ0) is 29.8. The van der Waals surface area contributed by atoms with E-state index >= 15 is 0 Å². The van der Waals surface area contributed by atoms with Crippen molar-refractivity contribution in [2.45, 2.75) is 58.9 Å². The molecule has 1 aliphatic heterocycles. The molecule has 2 aromatic heterocycles. The van der Waals surface area contributed by atoms with Crippen LogP contribution in [0, 0.1) is 5.92 Å². The monoisotopic (exact) mass is 563 g/mol. The molecule has 4 N–H and O–H groups in total. The van der Waals surface area contributed by atoms with E-state index in [2.05, 4.69) is 58.9 Å². The number of pyridine rings is 1. The second-order valence-corrected chi connectivity index (χ2v) is 10.5. The number of anilines is 1. The van der Waals surface area contributed by atoms with Crippen molar-refractivity contribution in [2.75, 3.05) is 25.5 Å². The Labute approximate surface area is 240 Å². The number of methoxy groups -OCH3 is 1. The number of fused-ring (bicyclic) bond motifs is 1. The molecule has 1 aromatic carbocycles. The standard InChI is InChI=1S/C29H36N4O3.C2H5NO2/c1-21(2)18-22-10-8-11-23-19-24(30-28(22)23)20-33-17-9-12-25(29(33)36)31-26(34)13-4-3-5-14-27(35)32-15-6-7-16-32;1-5-2(3)4/h5,8-12,14,17,19,21,30H,3-4,6-7,13,15-16,18,20H2,1-2H3,(H,31,34);1H3,(H2,3,4)/b14-5+;. The second kappa shape index (κ2) is 15.4. The van der Waals surface area contributed by atoms with Gasteiger partial charge in [0.05, 0.1) is 13.7 Å². The van der Waals surface area contributed by atoms with Gasteiger partial charge >= 0.3 is 6.09 Å². The number of nitrogens with one attached hydrogen (secondary N) is 2. The van der Waals surface area contributed by atoms with Gasteiger partial charge in [-0.05, 0) is 73.2 Å². The molecule has 220 valence electrons. The van der Waals surface area contributed by atoms with Gasteiger partial charge in [-0.1, -0.05) is 38.1 Å². The van der Waals surface area contributed by atoms with E-state index in [0.717, 1.165) is 48.9 Å². The summed E-state index contributed by atoms with van der Waals surface area (Å²) in [5.41, 5.74) is 7.82. The van der Waals surface area contributed by atoms with Crippen LogP contribution < -0.4 is 16.6 Å². The second-order valence-electron chi connectivity index (χ2n) is 10.5. The fourth-order valence-electron chi connectivity index (χ4n) is 4.73. The first kappa shape index (κ1) is 31.2. The zero-order valence-corrected chi connectivity index (χ0v) is 24.2. The number of H-pyrrole nitrogens is 1. The van der Waals surface area contributed by atoms with Crippen LogP contribution in [0.3, 0.4) is 0 Å². The Hall–Kier alpha value is -4.34. The molecule has 4 rings (SSSR count). The molecule has 10 heteroatoms. The lowest BCUT2D eigenvalue weighted by Gasteiger charge is -2.11. The van der Waals surface area contributed by atoms with E-state index in [1.807, 2.05) is 11.0 Å². The van der Waals surface area contributed by atoms with Gasteiger partial charge in [-0.2, -0.15) is 0 Å². The molecule has 0 aliphatic carbocycles. The fraction of sp³-hybridized carbons (Fsp3) is 0.419. The molecule has 10 nitrogen and oxygen atoms in total. The van der Waals surface area contributed by atoms with Gasteiger partial charge in [0.15, 0.2) is 0 Å². The predicted octanol–water partition coefficient (Wildman–Crippen LogP) is 4.58. The van der Waals surface area contributed by atoms with Crippen molar-refractivity contribution in [1.29, 1.82) is 0 Å². The summed E-state index contributed by atoms with van der Waals surface area (Å²) in [4.78, 5) is 52.1.